The van der Waals surface area contributed by atoms with Crippen molar-refractivity contribution in [1.82, 2.24) is 10.1 Å². The van der Waals surface area contributed by atoms with Gasteiger partial charge >= 0.3 is 0 Å². The summed E-state index contributed by atoms with van der Waals surface area (Å²) in [6, 6.07) is 5.35. The number of rotatable bonds is 4. The Morgan fingerprint density at radius 2 is 1.75 bits per heavy atom. The molecule has 1 atom stereocenters. The van der Waals surface area contributed by atoms with Crippen LogP contribution in [0.15, 0.2) is 33.7 Å². The van der Waals surface area contributed by atoms with Gasteiger partial charge in [-0.15, -0.1) is 0 Å². The van der Waals surface area contributed by atoms with Crippen LogP contribution >= 0.6 is 0 Å². The fourth-order valence-corrected chi connectivity index (χ4v) is 2.90. The van der Waals surface area contributed by atoms with Crippen LogP contribution in [0, 0.1) is 0 Å². The van der Waals surface area contributed by atoms with Crippen LogP contribution in [0.1, 0.15) is 43.7 Å². The van der Waals surface area contributed by atoms with E-state index < -0.39 is 15.1 Å². The van der Waals surface area contributed by atoms with Crippen molar-refractivity contribution < 1.29 is 18.0 Å². The lowest BCUT2D eigenvalue weighted by atomic mass is 10.2. The van der Waals surface area contributed by atoms with Gasteiger partial charge in [0.05, 0.1) is 4.90 Å². The third-order valence-electron chi connectivity index (χ3n) is 2.95. The molecule has 0 unspecified atom stereocenters. The predicted molar refractivity (Wildman–Crippen MR) is 72.1 cm³/mol. The van der Waals surface area contributed by atoms with E-state index in [2.05, 4.69) is 10.1 Å². The molecule has 2 rings (SSSR count). The van der Waals surface area contributed by atoms with E-state index >= 15 is 0 Å². The molecule has 0 fully saturated rings. The van der Waals surface area contributed by atoms with Crippen molar-refractivity contribution in [2.45, 2.75) is 36.8 Å². The van der Waals surface area contributed by atoms with Crippen molar-refractivity contribution in [3.8, 4) is 5.75 Å². The summed E-state index contributed by atoms with van der Waals surface area (Å²) in [6.45, 7) is 5.29. The highest BCUT2D eigenvalue weighted by molar-refractivity contribution is 7.91. The monoisotopic (exact) mass is 296 g/mol. The summed E-state index contributed by atoms with van der Waals surface area (Å²) < 4.78 is 29.9. The maximum absolute atomic E-state index is 12.4. The van der Waals surface area contributed by atoms with Crippen LogP contribution in [-0.2, 0) is 9.84 Å². The molecule has 0 aliphatic rings. The topological polar surface area (TPSA) is 93.3 Å². The van der Waals surface area contributed by atoms with Gasteiger partial charge in [-0.1, -0.05) is 19.0 Å². The van der Waals surface area contributed by atoms with Crippen LogP contribution in [0.2, 0.25) is 0 Å². The summed E-state index contributed by atoms with van der Waals surface area (Å²) in [6.07, 6.45) is 0. The largest absolute Gasteiger partial charge is 0.508 e. The van der Waals surface area contributed by atoms with Gasteiger partial charge in [-0.2, -0.15) is 4.98 Å². The number of benzene rings is 1. The fraction of sp³-hybridized carbons (Fsp3) is 0.385. The lowest BCUT2D eigenvalue weighted by Gasteiger charge is -2.08. The number of hydrogen-bond acceptors (Lipinski definition) is 6. The molecule has 7 heteroatoms. The molecule has 1 heterocycles. The first-order chi connectivity index (χ1) is 9.32. The van der Waals surface area contributed by atoms with Gasteiger partial charge in [0.25, 0.3) is 0 Å². The molecule has 0 saturated carbocycles. The molecule has 0 spiro atoms. The van der Waals surface area contributed by atoms with Gasteiger partial charge in [-0.3, -0.25) is 0 Å². The first kappa shape index (κ1) is 14.5. The summed E-state index contributed by atoms with van der Waals surface area (Å²) in [7, 11) is -3.63. The Morgan fingerprint density at radius 1 is 1.15 bits per heavy atom. The van der Waals surface area contributed by atoms with E-state index in [4.69, 9.17) is 4.52 Å². The number of sulfone groups is 1. The minimum atomic E-state index is -3.63. The number of hydrogen-bond donors (Lipinski definition) is 1. The zero-order chi connectivity index (χ0) is 14.9. The molecule has 0 saturated heterocycles. The third-order valence-corrected chi connectivity index (χ3v) is 5.01. The summed E-state index contributed by atoms with van der Waals surface area (Å²) in [4.78, 5) is 4.22. The zero-order valence-electron chi connectivity index (χ0n) is 11.4. The number of nitrogens with zero attached hydrogens (tertiary/aromatic N) is 2. The standard InChI is InChI=1S/C13H16N2O4S/c1-8(2)12-14-13(19-15-12)9(3)20(17,18)11-6-4-10(16)5-7-11/h4-9,16H,1-3H3/t9-/m1/s1. The summed E-state index contributed by atoms with van der Waals surface area (Å²) in [5, 5.41) is 12.0. The average molecular weight is 296 g/mol. The van der Waals surface area contributed by atoms with Gasteiger partial charge in [0, 0.05) is 5.92 Å². The highest BCUT2D eigenvalue weighted by Crippen LogP contribution is 2.28. The van der Waals surface area contributed by atoms with E-state index in [1.54, 1.807) is 0 Å². The Labute approximate surface area is 117 Å². The number of aromatic hydroxyl groups is 1. The second-order valence-electron chi connectivity index (χ2n) is 4.83. The van der Waals surface area contributed by atoms with E-state index in [0.717, 1.165) is 0 Å². The van der Waals surface area contributed by atoms with Crippen LogP contribution in [0.25, 0.3) is 0 Å². The molecule has 0 radical (unpaired) electrons. The van der Waals surface area contributed by atoms with E-state index in [1.807, 2.05) is 13.8 Å². The van der Waals surface area contributed by atoms with Gasteiger partial charge < -0.3 is 9.63 Å². The van der Waals surface area contributed by atoms with Gasteiger partial charge in [-0.25, -0.2) is 8.42 Å². The van der Waals surface area contributed by atoms with E-state index in [0.29, 0.717) is 5.82 Å². The van der Waals surface area contributed by atoms with Gasteiger partial charge in [0.15, 0.2) is 15.7 Å². The first-order valence-corrected chi connectivity index (χ1v) is 7.73. The molecule has 20 heavy (non-hydrogen) atoms. The SMILES string of the molecule is CC(C)c1noc([C@@H](C)S(=O)(=O)c2ccc(O)cc2)n1. The molecule has 0 bridgehead atoms. The van der Waals surface area contributed by atoms with Crippen molar-refractivity contribution in [3.05, 3.63) is 36.0 Å². The van der Waals surface area contributed by atoms with Crippen molar-refractivity contribution >= 4 is 9.84 Å². The minimum Gasteiger partial charge on any atom is -0.508 e. The van der Waals surface area contributed by atoms with Crippen molar-refractivity contribution in [3.63, 3.8) is 0 Å². The van der Waals surface area contributed by atoms with Crippen LogP contribution in [0.5, 0.6) is 5.75 Å². The van der Waals surface area contributed by atoms with Crippen molar-refractivity contribution in [1.29, 1.82) is 0 Å². The van der Waals surface area contributed by atoms with E-state index in [1.165, 1.54) is 31.2 Å². The first-order valence-electron chi connectivity index (χ1n) is 6.19. The number of phenolic OH excluding ortho intramolecular Hbond substituents is 1. The Hall–Kier alpha value is -1.89. The molecular formula is C13H16N2O4S. The summed E-state index contributed by atoms with van der Waals surface area (Å²) >= 11 is 0. The lowest BCUT2D eigenvalue weighted by Crippen LogP contribution is -2.11. The Morgan fingerprint density at radius 3 is 2.25 bits per heavy atom. The Bertz CT molecular complexity index is 689. The molecule has 0 aliphatic heterocycles. The predicted octanol–water partition coefficient (Wildman–Crippen LogP) is 2.43. The maximum Gasteiger partial charge on any atom is 0.245 e. The van der Waals surface area contributed by atoms with Crippen molar-refractivity contribution in [2.24, 2.45) is 0 Å². The summed E-state index contributed by atoms with van der Waals surface area (Å²) in [5.41, 5.74) is 0. The van der Waals surface area contributed by atoms with Gasteiger partial charge in [-0.05, 0) is 31.2 Å². The quantitative estimate of drug-likeness (QED) is 0.931. The molecule has 0 amide bonds. The Kier molecular flexibility index (Phi) is 3.80. The average Bonchev–Trinajstić information content (AvgIpc) is 2.88. The second-order valence-corrected chi connectivity index (χ2v) is 7.10. The lowest BCUT2D eigenvalue weighted by molar-refractivity contribution is 0.369. The van der Waals surface area contributed by atoms with Crippen LogP contribution < -0.4 is 0 Å². The van der Waals surface area contributed by atoms with E-state index in [-0.39, 0.29) is 22.5 Å². The third kappa shape index (κ3) is 2.67. The van der Waals surface area contributed by atoms with Crippen LogP contribution in [0.3, 0.4) is 0 Å². The van der Waals surface area contributed by atoms with Gasteiger partial charge in [0.2, 0.25) is 5.89 Å². The number of aromatic nitrogens is 2. The van der Waals surface area contributed by atoms with Crippen molar-refractivity contribution in [2.75, 3.05) is 0 Å². The molecule has 1 N–H and O–H groups in total. The fourth-order valence-electron chi connectivity index (χ4n) is 1.62. The second kappa shape index (κ2) is 5.24. The minimum absolute atomic E-state index is 0.0106. The molecule has 6 nitrogen and oxygen atoms in total. The molecule has 0 aliphatic carbocycles. The molecule has 2 aromatic rings. The molecular weight excluding hydrogens is 280 g/mol. The number of phenols is 1. The smallest absolute Gasteiger partial charge is 0.245 e. The van der Waals surface area contributed by atoms with E-state index in [9.17, 15) is 13.5 Å². The molecule has 1 aromatic heterocycles. The highest BCUT2D eigenvalue weighted by Gasteiger charge is 2.30. The molecule has 108 valence electrons. The Balaban J connectivity index is 2.35. The maximum atomic E-state index is 12.4. The molecule has 1 aromatic carbocycles. The van der Waals surface area contributed by atoms with Crippen LogP contribution in [-0.4, -0.2) is 23.7 Å². The van der Waals surface area contributed by atoms with Gasteiger partial charge in [0.1, 0.15) is 11.0 Å². The highest BCUT2D eigenvalue weighted by atomic mass is 32.2. The summed E-state index contributed by atoms with van der Waals surface area (Å²) in [5.74, 6) is 0.627. The zero-order valence-corrected chi connectivity index (χ0v) is 12.3. The van der Waals surface area contributed by atoms with Crippen LogP contribution in [0.4, 0.5) is 0 Å². The normalized spacial score (nSPS) is 13.6.